The number of hydrogen-bond donors (Lipinski definition) is 0. The van der Waals surface area contributed by atoms with E-state index in [1.165, 1.54) is 7.11 Å². The number of hydrogen-bond acceptors (Lipinski definition) is 5. The number of aldehydes is 1. The molecule has 140 valence electrons. The topological polar surface area (TPSA) is 54.0 Å². The van der Waals surface area contributed by atoms with Crippen molar-refractivity contribution < 1.29 is 23.7 Å². The maximum absolute atomic E-state index is 11.3. The molecule has 0 aliphatic heterocycles. The van der Waals surface area contributed by atoms with E-state index in [9.17, 15) is 4.79 Å². The van der Waals surface area contributed by atoms with Crippen molar-refractivity contribution in [1.82, 2.24) is 0 Å². The molecule has 0 spiro atoms. The maximum Gasteiger partial charge on any atom is 0.204 e. The Balaban J connectivity index is 2.59. The highest BCUT2D eigenvalue weighted by Crippen LogP contribution is 2.43. The summed E-state index contributed by atoms with van der Waals surface area (Å²) in [6.45, 7) is 8.62. The molecule has 0 saturated carbocycles. The first kappa shape index (κ1) is 19.6. The van der Waals surface area contributed by atoms with Gasteiger partial charge in [-0.05, 0) is 42.7 Å². The van der Waals surface area contributed by atoms with Crippen LogP contribution in [0.15, 0.2) is 30.3 Å². The smallest absolute Gasteiger partial charge is 0.204 e. The molecule has 0 atom stereocenters. The summed E-state index contributed by atoms with van der Waals surface area (Å²) in [6.07, 6.45) is 0.754. The molecular weight excluding hydrogens is 332 g/mol. The predicted molar refractivity (Wildman–Crippen MR) is 101 cm³/mol. The van der Waals surface area contributed by atoms with Crippen molar-refractivity contribution in [3.05, 3.63) is 41.5 Å². The molecule has 0 saturated heterocycles. The van der Waals surface area contributed by atoms with Crippen LogP contribution in [0, 0.1) is 0 Å². The summed E-state index contributed by atoms with van der Waals surface area (Å²) in [5.41, 5.74) is 1.27. The van der Waals surface area contributed by atoms with Crippen LogP contribution in [-0.4, -0.2) is 27.1 Å². The number of rotatable bonds is 7. The molecule has 0 aromatic heterocycles. The van der Waals surface area contributed by atoms with Gasteiger partial charge in [0.2, 0.25) is 5.75 Å². The van der Waals surface area contributed by atoms with Crippen LogP contribution in [0.1, 0.15) is 43.6 Å². The van der Waals surface area contributed by atoms with Crippen molar-refractivity contribution in [2.24, 2.45) is 0 Å². The molecule has 0 amide bonds. The molecule has 0 aliphatic carbocycles. The van der Waals surface area contributed by atoms with Gasteiger partial charge in [0, 0.05) is 11.1 Å². The lowest BCUT2D eigenvalue weighted by molar-refractivity contribution is 0.112. The summed E-state index contributed by atoms with van der Waals surface area (Å²) in [6, 6.07) is 8.93. The molecular formula is C21H26O5. The monoisotopic (exact) mass is 358 g/mol. The lowest BCUT2D eigenvalue weighted by atomic mass is 9.86. The van der Waals surface area contributed by atoms with E-state index in [1.54, 1.807) is 19.2 Å². The van der Waals surface area contributed by atoms with Gasteiger partial charge in [-0.2, -0.15) is 0 Å². The second-order valence-corrected chi connectivity index (χ2v) is 6.82. The number of ether oxygens (including phenoxy) is 4. The van der Waals surface area contributed by atoms with E-state index in [2.05, 4.69) is 20.8 Å². The van der Waals surface area contributed by atoms with Crippen LogP contribution in [0.4, 0.5) is 0 Å². The van der Waals surface area contributed by atoms with Gasteiger partial charge < -0.3 is 18.9 Å². The van der Waals surface area contributed by atoms with Crippen molar-refractivity contribution in [3.63, 3.8) is 0 Å². The van der Waals surface area contributed by atoms with Crippen LogP contribution >= 0.6 is 0 Å². The molecule has 2 aromatic carbocycles. The molecule has 0 unspecified atom stereocenters. The molecule has 0 bridgehead atoms. The number of benzene rings is 2. The lowest BCUT2D eigenvalue weighted by Gasteiger charge is -2.24. The van der Waals surface area contributed by atoms with Gasteiger partial charge in [0.05, 0.1) is 20.8 Å². The molecule has 26 heavy (non-hydrogen) atoms. The normalized spacial score (nSPS) is 11.0. The van der Waals surface area contributed by atoms with Crippen molar-refractivity contribution in [3.8, 4) is 28.7 Å². The Hall–Kier alpha value is -2.69. The Labute approximate surface area is 154 Å². The minimum Gasteiger partial charge on any atom is -0.497 e. The number of methoxy groups -OCH3 is 2. The third-order valence-corrected chi connectivity index (χ3v) is 3.90. The van der Waals surface area contributed by atoms with E-state index in [4.69, 9.17) is 18.9 Å². The van der Waals surface area contributed by atoms with Gasteiger partial charge >= 0.3 is 0 Å². The van der Waals surface area contributed by atoms with Gasteiger partial charge in [-0.3, -0.25) is 4.79 Å². The summed E-state index contributed by atoms with van der Waals surface area (Å²) in [5.74, 6) is 2.79. The van der Waals surface area contributed by atoms with Gasteiger partial charge in [-0.25, -0.2) is 0 Å². The highest BCUT2D eigenvalue weighted by molar-refractivity contribution is 5.78. The molecule has 0 radical (unpaired) electrons. The molecule has 0 N–H and O–H groups in total. The van der Waals surface area contributed by atoms with Crippen molar-refractivity contribution in [2.45, 2.75) is 33.1 Å². The number of carbonyl (C=O) groups excluding carboxylic acids is 1. The largest absolute Gasteiger partial charge is 0.497 e. The van der Waals surface area contributed by atoms with Crippen LogP contribution in [0.5, 0.6) is 28.7 Å². The average Bonchev–Trinajstić information content (AvgIpc) is 2.62. The molecule has 2 rings (SSSR count). The zero-order valence-electron chi connectivity index (χ0n) is 16.2. The summed E-state index contributed by atoms with van der Waals surface area (Å²) >= 11 is 0. The Morgan fingerprint density at radius 2 is 1.65 bits per heavy atom. The summed E-state index contributed by atoms with van der Waals surface area (Å²) in [4.78, 5) is 11.3. The average molecular weight is 358 g/mol. The van der Waals surface area contributed by atoms with Gasteiger partial charge in [-0.1, -0.05) is 20.8 Å². The van der Waals surface area contributed by atoms with E-state index < -0.39 is 0 Å². The fourth-order valence-corrected chi connectivity index (χ4v) is 2.61. The second kappa shape index (κ2) is 8.13. The summed E-state index contributed by atoms with van der Waals surface area (Å²) < 4.78 is 22.6. The van der Waals surface area contributed by atoms with Crippen molar-refractivity contribution in [1.29, 1.82) is 0 Å². The standard InChI is InChI=1S/C21H26O5/c1-7-25-20-18(24-6)10-14(13-22)11-19(20)26-17-9-8-15(23-5)12-16(17)21(2,3)4/h8-13H,7H2,1-6H3. The molecule has 0 heterocycles. The first-order valence-corrected chi connectivity index (χ1v) is 8.50. The van der Waals surface area contributed by atoms with Crippen LogP contribution in [0.3, 0.4) is 0 Å². The zero-order valence-corrected chi connectivity index (χ0v) is 16.2. The SMILES string of the molecule is CCOc1c(OC)cc(C=O)cc1Oc1ccc(OC)cc1C(C)(C)C. The molecule has 5 nitrogen and oxygen atoms in total. The van der Waals surface area contributed by atoms with E-state index >= 15 is 0 Å². The second-order valence-electron chi connectivity index (χ2n) is 6.82. The lowest BCUT2D eigenvalue weighted by Crippen LogP contribution is -2.13. The fraction of sp³-hybridized carbons (Fsp3) is 0.381. The van der Waals surface area contributed by atoms with Gasteiger partial charge in [-0.15, -0.1) is 0 Å². The van der Waals surface area contributed by atoms with E-state index in [-0.39, 0.29) is 5.41 Å². The van der Waals surface area contributed by atoms with E-state index in [0.29, 0.717) is 35.2 Å². The van der Waals surface area contributed by atoms with Gasteiger partial charge in [0.1, 0.15) is 17.8 Å². The quantitative estimate of drug-likeness (QED) is 0.652. The summed E-state index contributed by atoms with van der Waals surface area (Å²) in [7, 11) is 3.16. The first-order chi connectivity index (χ1) is 12.3. The minimum absolute atomic E-state index is 0.165. The molecule has 2 aromatic rings. The third-order valence-electron chi connectivity index (χ3n) is 3.90. The van der Waals surface area contributed by atoms with Gasteiger partial charge in [0.15, 0.2) is 11.5 Å². The van der Waals surface area contributed by atoms with Crippen LogP contribution in [-0.2, 0) is 5.41 Å². The molecule has 5 heteroatoms. The van der Waals surface area contributed by atoms with Crippen molar-refractivity contribution in [2.75, 3.05) is 20.8 Å². The Morgan fingerprint density at radius 1 is 0.962 bits per heavy atom. The third kappa shape index (κ3) is 4.28. The van der Waals surface area contributed by atoms with Crippen molar-refractivity contribution >= 4 is 6.29 Å². The van der Waals surface area contributed by atoms with E-state index in [1.807, 2.05) is 25.1 Å². The predicted octanol–water partition coefficient (Wildman–Crippen LogP) is 5.00. The van der Waals surface area contributed by atoms with E-state index in [0.717, 1.165) is 17.6 Å². The Kier molecular flexibility index (Phi) is 6.14. The summed E-state index contributed by atoms with van der Waals surface area (Å²) in [5, 5.41) is 0. The maximum atomic E-state index is 11.3. The molecule has 0 fully saturated rings. The Bertz CT molecular complexity index is 775. The first-order valence-electron chi connectivity index (χ1n) is 8.50. The number of carbonyl (C=O) groups is 1. The Morgan fingerprint density at radius 3 is 2.19 bits per heavy atom. The van der Waals surface area contributed by atoms with Gasteiger partial charge in [0.25, 0.3) is 0 Å². The fourth-order valence-electron chi connectivity index (χ4n) is 2.61. The highest BCUT2D eigenvalue weighted by atomic mass is 16.5. The highest BCUT2D eigenvalue weighted by Gasteiger charge is 2.22. The van der Waals surface area contributed by atoms with Crippen LogP contribution in [0.2, 0.25) is 0 Å². The zero-order chi connectivity index (χ0) is 19.3. The van der Waals surface area contributed by atoms with Crippen LogP contribution in [0.25, 0.3) is 0 Å². The minimum atomic E-state index is -0.165. The molecule has 0 aliphatic rings. The van der Waals surface area contributed by atoms with Crippen LogP contribution < -0.4 is 18.9 Å².